The molecule has 8 heteroatoms. The number of urea groups is 1. The molecule has 1 aliphatic heterocycles. The lowest BCUT2D eigenvalue weighted by molar-refractivity contribution is 0.0696. The number of hydrogen-bond donors (Lipinski definition) is 2. The van der Waals surface area contributed by atoms with Crippen LogP contribution in [0, 0.1) is 0 Å². The first-order chi connectivity index (χ1) is 14.8. The van der Waals surface area contributed by atoms with Crippen molar-refractivity contribution in [3.05, 3.63) is 76.4 Å². The number of rotatable bonds is 4. The van der Waals surface area contributed by atoms with Gasteiger partial charge in [-0.1, -0.05) is 35.9 Å². The summed E-state index contributed by atoms with van der Waals surface area (Å²) in [5.74, 6) is 0.0182. The van der Waals surface area contributed by atoms with Crippen molar-refractivity contribution in [2.75, 3.05) is 11.9 Å². The van der Waals surface area contributed by atoms with Gasteiger partial charge in [0, 0.05) is 29.7 Å². The zero-order valence-electron chi connectivity index (χ0n) is 16.9. The van der Waals surface area contributed by atoms with Crippen molar-refractivity contribution in [2.24, 2.45) is 0 Å². The van der Waals surface area contributed by atoms with E-state index in [2.05, 4.69) is 10.3 Å². The van der Waals surface area contributed by atoms with E-state index < -0.39 is 5.97 Å². The minimum atomic E-state index is -0.994. The molecule has 0 fully saturated rings. The Bertz CT molecular complexity index is 1180. The van der Waals surface area contributed by atoms with E-state index in [1.165, 1.54) is 4.90 Å². The third kappa shape index (κ3) is 4.04. The van der Waals surface area contributed by atoms with Crippen molar-refractivity contribution in [1.82, 2.24) is 10.3 Å². The minimum Gasteiger partial charge on any atom is -0.484 e. The van der Waals surface area contributed by atoms with Gasteiger partial charge in [-0.05, 0) is 42.3 Å². The van der Waals surface area contributed by atoms with Crippen LogP contribution in [0.2, 0.25) is 5.02 Å². The van der Waals surface area contributed by atoms with Crippen LogP contribution in [0.15, 0.2) is 54.7 Å². The Morgan fingerprint density at radius 3 is 2.71 bits per heavy atom. The summed E-state index contributed by atoms with van der Waals surface area (Å²) in [5, 5.41) is 12.7. The molecule has 2 heterocycles. The van der Waals surface area contributed by atoms with Crippen LogP contribution in [-0.2, 0) is 6.54 Å². The smallest absolute Gasteiger partial charge is 0.335 e. The van der Waals surface area contributed by atoms with Crippen LogP contribution < -0.4 is 15.0 Å². The van der Waals surface area contributed by atoms with Crippen LogP contribution >= 0.6 is 11.6 Å². The Balaban J connectivity index is 1.59. The lowest BCUT2D eigenvalue weighted by Gasteiger charge is -2.27. The van der Waals surface area contributed by atoms with E-state index in [1.54, 1.807) is 43.6 Å². The van der Waals surface area contributed by atoms with Gasteiger partial charge in [0.25, 0.3) is 0 Å². The van der Waals surface area contributed by atoms with Gasteiger partial charge in [0.05, 0.1) is 11.8 Å². The van der Waals surface area contributed by atoms with Gasteiger partial charge in [0.1, 0.15) is 17.7 Å². The summed E-state index contributed by atoms with van der Waals surface area (Å²) in [5.41, 5.74) is 3.39. The fourth-order valence-electron chi connectivity index (χ4n) is 3.49. The predicted molar refractivity (Wildman–Crippen MR) is 118 cm³/mol. The number of carboxylic acids is 1. The fraction of sp³-hybridized carbons (Fsp3) is 0.174. The molecule has 1 aliphatic rings. The molecule has 2 N–H and O–H groups in total. The molecule has 0 bridgehead atoms. The van der Waals surface area contributed by atoms with Crippen LogP contribution in [0.5, 0.6) is 5.75 Å². The second-order valence-electron chi connectivity index (χ2n) is 7.22. The molecule has 2 amide bonds. The van der Waals surface area contributed by atoms with E-state index in [0.29, 0.717) is 16.6 Å². The quantitative estimate of drug-likeness (QED) is 0.605. The number of carbonyl (C=O) groups is 2. The van der Waals surface area contributed by atoms with Crippen LogP contribution in [-0.4, -0.2) is 29.1 Å². The first-order valence-electron chi connectivity index (χ1n) is 9.64. The van der Waals surface area contributed by atoms with E-state index in [9.17, 15) is 14.7 Å². The first kappa shape index (κ1) is 20.7. The van der Waals surface area contributed by atoms with Crippen molar-refractivity contribution in [3.63, 3.8) is 0 Å². The van der Waals surface area contributed by atoms with Crippen molar-refractivity contribution in [3.8, 4) is 16.9 Å². The largest absolute Gasteiger partial charge is 0.484 e. The summed E-state index contributed by atoms with van der Waals surface area (Å²) in [6.07, 6.45) is 1.26. The molecule has 0 radical (unpaired) electrons. The molecule has 158 valence electrons. The molecule has 0 saturated carbocycles. The average molecular weight is 438 g/mol. The number of amides is 2. The van der Waals surface area contributed by atoms with E-state index in [-0.39, 0.29) is 24.2 Å². The highest BCUT2D eigenvalue weighted by Crippen LogP contribution is 2.43. The fourth-order valence-corrected chi connectivity index (χ4v) is 3.69. The van der Waals surface area contributed by atoms with Crippen molar-refractivity contribution in [1.29, 1.82) is 0 Å². The summed E-state index contributed by atoms with van der Waals surface area (Å²) in [6, 6.07) is 13.7. The van der Waals surface area contributed by atoms with Gasteiger partial charge < -0.3 is 15.2 Å². The molecule has 0 aliphatic carbocycles. The lowest BCUT2D eigenvalue weighted by Crippen LogP contribution is -2.37. The average Bonchev–Trinajstić information content (AvgIpc) is 2.77. The highest BCUT2D eigenvalue weighted by Gasteiger charge is 2.26. The zero-order chi connectivity index (χ0) is 22.1. The topological polar surface area (TPSA) is 91.8 Å². The number of hydrogen-bond acceptors (Lipinski definition) is 4. The molecule has 0 saturated heterocycles. The Labute approximate surface area is 184 Å². The van der Waals surface area contributed by atoms with Gasteiger partial charge in [-0.15, -0.1) is 0 Å². The highest BCUT2D eigenvalue weighted by molar-refractivity contribution is 6.31. The molecule has 0 spiro atoms. The summed E-state index contributed by atoms with van der Waals surface area (Å²) in [4.78, 5) is 29.7. The molecule has 2 aromatic carbocycles. The first-order valence-corrected chi connectivity index (χ1v) is 10.0. The second kappa shape index (κ2) is 8.28. The molecule has 4 rings (SSSR count). The van der Waals surface area contributed by atoms with E-state index in [0.717, 1.165) is 22.3 Å². The minimum absolute atomic E-state index is 0.197. The standard InChI is InChI=1S/C23H20ClN3O4/c1-13-17-9-14(22(28)29)7-8-16(17)18-10-21(25-12-20(18)31-13)27(2)23(30)26-11-15-5-3-4-6-19(15)24/h3-10,12-13H,11H2,1-2H3,(H,26,30)(H,28,29). The van der Waals surface area contributed by atoms with Gasteiger partial charge in [0.15, 0.2) is 0 Å². The number of nitrogens with one attached hydrogen (secondary N) is 1. The van der Waals surface area contributed by atoms with Crippen LogP contribution in [0.3, 0.4) is 0 Å². The lowest BCUT2D eigenvalue weighted by atomic mass is 9.92. The summed E-state index contributed by atoms with van der Waals surface area (Å²) in [6.45, 7) is 2.14. The Morgan fingerprint density at radius 1 is 1.19 bits per heavy atom. The highest BCUT2D eigenvalue weighted by atomic mass is 35.5. The summed E-state index contributed by atoms with van der Waals surface area (Å²) < 4.78 is 5.92. The van der Waals surface area contributed by atoms with E-state index >= 15 is 0 Å². The molecule has 1 atom stereocenters. The number of halogens is 1. The molecule has 7 nitrogen and oxygen atoms in total. The van der Waals surface area contributed by atoms with Gasteiger partial charge >= 0.3 is 12.0 Å². The monoisotopic (exact) mass is 437 g/mol. The second-order valence-corrected chi connectivity index (χ2v) is 7.62. The SMILES string of the molecule is CC1Oc2cnc(N(C)C(=O)NCc3ccccc3Cl)cc2-c2ccc(C(=O)O)cc21. The molecule has 3 aromatic rings. The third-order valence-electron chi connectivity index (χ3n) is 5.22. The number of carboxylic acid groups (broad SMARTS) is 1. The predicted octanol–water partition coefficient (Wildman–Crippen LogP) is 4.90. The van der Waals surface area contributed by atoms with E-state index in [1.807, 2.05) is 25.1 Å². The van der Waals surface area contributed by atoms with Gasteiger partial charge in [0.2, 0.25) is 0 Å². The number of benzene rings is 2. The zero-order valence-corrected chi connectivity index (χ0v) is 17.7. The third-order valence-corrected chi connectivity index (χ3v) is 5.59. The Kier molecular flexibility index (Phi) is 5.52. The number of pyridine rings is 1. The van der Waals surface area contributed by atoms with Gasteiger partial charge in [-0.3, -0.25) is 4.90 Å². The number of carbonyl (C=O) groups excluding carboxylic acids is 1. The number of anilines is 1. The number of fused-ring (bicyclic) bond motifs is 3. The number of nitrogens with zero attached hydrogens (tertiary/aromatic N) is 2. The maximum Gasteiger partial charge on any atom is 0.335 e. The van der Waals surface area contributed by atoms with Gasteiger partial charge in [-0.25, -0.2) is 14.6 Å². The maximum absolute atomic E-state index is 12.6. The molecule has 1 aromatic heterocycles. The number of aromatic nitrogens is 1. The van der Waals surface area contributed by atoms with Gasteiger partial charge in [-0.2, -0.15) is 0 Å². The molecular formula is C23H20ClN3O4. The molecule has 1 unspecified atom stereocenters. The Morgan fingerprint density at radius 2 is 1.97 bits per heavy atom. The van der Waals surface area contributed by atoms with Crippen molar-refractivity contribution < 1.29 is 19.4 Å². The molecular weight excluding hydrogens is 418 g/mol. The Hall–Kier alpha value is -3.58. The van der Waals surface area contributed by atoms with Crippen LogP contribution in [0.25, 0.3) is 11.1 Å². The number of ether oxygens (including phenoxy) is 1. The maximum atomic E-state index is 12.6. The van der Waals surface area contributed by atoms with Crippen molar-refractivity contribution >= 4 is 29.4 Å². The summed E-state index contributed by atoms with van der Waals surface area (Å²) >= 11 is 6.15. The van der Waals surface area contributed by atoms with Crippen LogP contribution in [0.1, 0.15) is 34.5 Å². The van der Waals surface area contributed by atoms with Crippen molar-refractivity contribution in [2.45, 2.75) is 19.6 Å². The van der Waals surface area contributed by atoms with Crippen LogP contribution in [0.4, 0.5) is 10.6 Å². The molecule has 31 heavy (non-hydrogen) atoms. The van der Waals surface area contributed by atoms with E-state index in [4.69, 9.17) is 16.3 Å². The normalized spacial score (nSPS) is 14.1. The summed E-state index contributed by atoms with van der Waals surface area (Å²) in [7, 11) is 1.62. The number of aromatic carboxylic acids is 1.